The Morgan fingerprint density at radius 2 is 1.33 bits per heavy atom. The number of hydrogen-bond acceptors (Lipinski definition) is 1. The van der Waals surface area contributed by atoms with Gasteiger partial charge < -0.3 is 4.74 Å². The van der Waals surface area contributed by atoms with Crippen molar-refractivity contribution in [2.24, 2.45) is 0 Å². The monoisotopic (exact) mass is 172 g/mol. The van der Waals surface area contributed by atoms with Crippen LogP contribution in [0.4, 0.5) is 0 Å². The summed E-state index contributed by atoms with van der Waals surface area (Å²) in [6.45, 7) is 7.55. The van der Waals surface area contributed by atoms with Crippen LogP contribution < -0.4 is 0 Å². The molecule has 0 amide bonds. The fourth-order valence-corrected chi connectivity index (χ4v) is 0.950. The van der Waals surface area contributed by atoms with Gasteiger partial charge in [0.15, 0.2) is 0 Å². The van der Waals surface area contributed by atoms with E-state index in [-0.39, 0.29) is 0 Å². The van der Waals surface area contributed by atoms with Crippen molar-refractivity contribution in [2.75, 3.05) is 6.61 Å². The zero-order valence-corrected chi connectivity index (χ0v) is 8.94. The third kappa shape index (κ3) is 12.6. The summed E-state index contributed by atoms with van der Waals surface area (Å²) in [4.78, 5) is 0. The lowest BCUT2D eigenvalue weighted by atomic mass is 10.1. The Hall–Kier alpha value is -0.0400. The molecule has 0 bridgehead atoms. The van der Waals surface area contributed by atoms with Gasteiger partial charge in [0.25, 0.3) is 0 Å². The second-order valence-corrected chi connectivity index (χ2v) is 3.56. The van der Waals surface area contributed by atoms with Gasteiger partial charge in [0.05, 0.1) is 12.7 Å². The highest BCUT2D eigenvalue weighted by Gasteiger charge is 2.13. The van der Waals surface area contributed by atoms with Crippen LogP contribution in [-0.4, -0.2) is 12.7 Å². The van der Waals surface area contributed by atoms with Gasteiger partial charge in [-0.1, -0.05) is 52.4 Å². The molecule has 1 rings (SSSR count). The quantitative estimate of drug-likeness (QED) is 0.454. The van der Waals surface area contributed by atoms with E-state index in [0.717, 1.165) is 6.61 Å². The second-order valence-electron chi connectivity index (χ2n) is 3.56. The minimum atomic E-state index is 0.583. The second kappa shape index (κ2) is 9.05. The van der Waals surface area contributed by atoms with E-state index in [4.69, 9.17) is 4.74 Å². The Labute approximate surface area is 77.5 Å². The first-order chi connectivity index (χ1) is 5.81. The molecule has 0 aromatic carbocycles. The van der Waals surface area contributed by atoms with E-state index in [1.54, 1.807) is 0 Å². The summed E-state index contributed by atoms with van der Waals surface area (Å²) in [7, 11) is 0. The first kappa shape index (κ1) is 12.0. The van der Waals surface area contributed by atoms with Gasteiger partial charge in [-0.15, -0.1) is 0 Å². The van der Waals surface area contributed by atoms with Crippen molar-refractivity contribution in [2.45, 2.75) is 65.4 Å². The van der Waals surface area contributed by atoms with Crippen LogP contribution in [0.2, 0.25) is 0 Å². The molecule has 1 aliphatic rings. The SMILES string of the molecule is CC1CO1.CCCCCCCC. The fourth-order valence-electron chi connectivity index (χ4n) is 0.950. The highest BCUT2D eigenvalue weighted by molar-refractivity contribution is 4.58. The maximum Gasteiger partial charge on any atom is 0.0781 e. The zero-order valence-electron chi connectivity index (χ0n) is 8.94. The number of hydrogen-bond donors (Lipinski definition) is 0. The summed E-state index contributed by atoms with van der Waals surface area (Å²) in [5, 5.41) is 0. The van der Waals surface area contributed by atoms with Crippen molar-refractivity contribution in [3.05, 3.63) is 0 Å². The van der Waals surface area contributed by atoms with E-state index in [1.165, 1.54) is 38.5 Å². The summed E-state index contributed by atoms with van der Waals surface area (Å²) >= 11 is 0. The fraction of sp³-hybridized carbons (Fsp3) is 1.00. The highest BCUT2D eigenvalue weighted by atomic mass is 16.6. The van der Waals surface area contributed by atoms with E-state index in [1.807, 2.05) is 0 Å². The molecule has 0 saturated carbocycles. The topological polar surface area (TPSA) is 12.5 Å². The van der Waals surface area contributed by atoms with Crippen LogP contribution in [0.25, 0.3) is 0 Å². The van der Waals surface area contributed by atoms with Crippen LogP contribution in [0.3, 0.4) is 0 Å². The molecule has 1 atom stereocenters. The summed E-state index contributed by atoms with van der Waals surface area (Å²) < 4.78 is 4.71. The van der Waals surface area contributed by atoms with Crippen LogP contribution in [0.1, 0.15) is 59.3 Å². The van der Waals surface area contributed by atoms with E-state index in [0.29, 0.717) is 6.10 Å². The Kier molecular flexibility index (Phi) is 9.02. The van der Waals surface area contributed by atoms with Crippen molar-refractivity contribution in [3.63, 3.8) is 0 Å². The molecule has 0 N–H and O–H groups in total. The van der Waals surface area contributed by atoms with Crippen molar-refractivity contribution in [3.8, 4) is 0 Å². The molecule has 1 saturated heterocycles. The van der Waals surface area contributed by atoms with Crippen molar-refractivity contribution in [1.82, 2.24) is 0 Å². The first-order valence-corrected chi connectivity index (χ1v) is 5.42. The van der Waals surface area contributed by atoms with E-state index < -0.39 is 0 Å². The first-order valence-electron chi connectivity index (χ1n) is 5.42. The van der Waals surface area contributed by atoms with Crippen molar-refractivity contribution in [1.29, 1.82) is 0 Å². The molecule has 1 unspecified atom stereocenters. The molecule has 0 radical (unpaired) electrons. The number of rotatable bonds is 5. The van der Waals surface area contributed by atoms with Gasteiger partial charge in [-0.05, 0) is 6.92 Å². The largest absolute Gasteiger partial charge is 0.373 e. The molecule has 0 aliphatic carbocycles. The Bertz CT molecular complexity index is 71.1. The lowest BCUT2D eigenvalue weighted by molar-refractivity contribution is 0.423. The van der Waals surface area contributed by atoms with Gasteiger partial charge in [-0.2, -0.15) is 0 Å². The van der Waals surface area contributed by atoms with E-state index in [9.17, 15) is 0 Å². The number of ether oxygens (including phenoxy) is 1. The van der Waals surface area contributed by atoms with Gasteiger partial charge >= 0.3 is 0 Å². The molecule has 1 heteroatoms. The van der Waals surface area contributed by atoms with Gasteiger partial charge in [-0.25, -0.2) is 0 Å². The van der Waals surface area contributed by atoms with Crippen LogP contribution in [-0.2, 0) is 4.74 Å². The molecule has 1 nitrogen and oxygen atoms in total. The molecule has 1 heterocycles. The Balaban J connectivity index is 0.000000247. The average Bonchev–Trinajstić information content (AvgIpc) is 2.83. The van der Waals surface area contributed by atoms with Crippen molar-refractivity contribution < 1.29 is 4.74 Å². The summed E-state index contributed by atoms with van der Waals surface area (Å²) in [6, 6.07) is 0. The molecule has 0 spiro atoms. The van der Waals surface area contributed by atoms with Crippen LogP contribution in [0.5, 0.6) is 0 Å². The predicted molar refractivity (Wildman–Crippen MR) is 54.5 cm³/mol. The molecule has 74 valence electrons. The maximum absolute atomic E-state index is 4.71. The van der Waals surface area contributed by atoms with Crippen molar-refractivity contribution >= 4 is 0 Å². The van der Waals surface area contributed by atoms with Crippen LogP contribution in [0, 0.1) is 0 Å². The molecule has 12 heavy (non-hydrogen) atoms. The van der Waals surface area contributed by atoms with E-state index in [2.05, 4.69) is 20.8 Å². The normalized spacial score (nSPS) is 19.8. The number of unbranched alkanes of at least 4 members (excludes halogenated alkanes) is 5. The maximum atomic E-state index is 4.71. The van der Waals surface area contributed by atoms with E-state index >= 15 is 0 Å². The minimum absolute atomic E-state index is 0.583. The molecule has 0 aromatic rings. The summed E-state index contributed by atoms with van der Waals surface area (Å²) in [5.41, 5.74) is 0. The van der Waals surface area contributed by atoms with Gasteiger partial charge in [0.1, 0.15) is 0 Å². The lowest BCUT2D eigenvalue weighted by Gasteiger charge is -1.93. The molecular formula is C11H24O. The zero-order chi connectivity index (χ0) is 9.23. The molecule has 1 fully saturated rings. The van der Waals surface area contributed by atoms with Gasteiger partial charge in [0.2, 0.25) is 0 Å². The summed E-state index contributed by atoms with van der Waals surface area (Å²) in [5.74, 6) is 0. The predicted octanol–water partition coefficient (Wildman–Crippen LogP) is 3.77. The average molecular weight is 172 g/mol. The molecular weight excluding hydrogens is 148 g/mol. The van der Waals surface area contributed by atoms with Gasteiger partial charge in [0, 0.05) is 0 Å². The lowest BCUT2D eigenvalue weighted by Crippen LogP contribution is -1.73. The highest BCUT2D eigenvalue weighted by Crippen LogP contribution is 2.04. The third-order valence-electron chi connectivity index (χ3n) is 1.96. The molecule has 1 aliphatic heterocycles. The standard InChI is InChI=1S/C8H18.C3H6O/c1-3-5-7-8-6-4-2;1-3-2-4-3/h3-8H2,1-2H3;3H,2H2,1H3. The Morgan fingerprint density at radius 3 is 1.50 bits per heavy atom. The van der Waals surface area contributed by atoms with Gasteiger partial charge in [-0.3, -0.25) is 0 Å². The smallest absolute Gasteiger partial charge is 0.0781 e. The van der Waals surface area contributed by atoms with Crippen LogP contribution >= 0.6 is 0 Å². The Morgan fingerprint density at radius 1 is 1.00 bits per heavy atom. The minimum Gasteiger partial charge on any atom is -0.373 e. The third-order valence-corrected chi connectivity index (χ3v) is 1.96. The summed E-state index contributed by atoms with van der Waals surface area (Å²) in [6.07, 6.45) is 9.07. The van der Waals surface area contributed by atoms with Crippen LogP contribution in [0.15, 0.2) is 0 Å². The molecule has 0 aromatic heterocycles. The number of epoxide rings is 1.